The number of methoxy groups -OCH3 is 2. The van der Waals surface area contributed by atoms with Gasteiger partial charge in [0.25, 0.3) is 0 Å². The van der Waals surface area contributed by atoms with E-state index in [0.29, 0.717) is 0 Å². The summed E-state index contributed by atoms with van der Waals surface area (Å²) in [5.41, 5.74) is 1.32. The van der Waals surface area contributed by atoms with Gasteiger partial charge in [-0.15, -0.1) is 0 Å². The second kappa shape index (κ2) is 26.8. The van der Waals surface area contributed by atoms with Crippen LogP contribution in [0.25, 0.3) is 0 Å². The molecule has 0 unspecified atom stereocenters. The van der Waals surface area contributed by atoms with Crippen molar-refractivity contribution in [2.75, 3.05) is 28.4 Å². The van der Waals surface area contributed by atoms with Crippen molar-refractivity contribution in [3.8, 4) is 0 Å². The van der Waals surface area contributed by atoms with Gasteiger partial charge in [-0.3, -0.25) is 0 Å². The summed E-state index contributed by atoms with van der Waals surface area (Å²) in [5.74, 6) is 0. The highest BCUT2D eigenvalue weighted by Crippen LogP contribution is 1.92. The average Bonchev–Trinajstić information content (AvgIpc) is 2.54. The molecule has 0 aromatic heterocycles. The largest absolute Gasteiger partial charge is 0.388 e. The van der Waals surface area contributed by atoms with Crippen LogP contribution in [0.3, 0.4) is 0 Å². The first-order chi connectivity index (χ1) is 10.2. The Balaban J connectivity index is -0.000000211. The van der Waals surface area contributed by atoms with Crippen molar-refractivity contribution in [1.82, 2.24) is 0 Å². The zero-order chi connectivity index (χ0) is 16.8. The fourth-order valence-electron chi connectivity index (χ4n) is 0.919. The first-order valence-electron chi connectivity index (χ1n) is 7.04. The lowest BCUT2D eigenvalue weighted by atomic mass is 10.2. The van der Waals surface area contributed by atoms with Gasteiger partial charge < -0.3 is 9.47 Å². The molecule has 0 atom stereocenters. The SMILES string of the molecule is CC.COC.COC.Cc1ccccc1.c1ccccc1. The van der Waals surface area contributed by atoms with Crippen LogP contribution in [0.4, 0.5) is 0 Å². The molecule has 2 heteroatoms. The van der Waals surface area contributed by atoms with Crippen LogP contribution in [0.15, 0.2) is 66.7 Å². The van der Waals surface area contributed by atoms with E-state index in [4.69, 9.17) is 0 Å². The molecular formula is C19H32O2. The number of hydrogen-bond acceptors (Lipinski definition) is 2. The minimum atomic E-state index is 1.32. The maximum Gasteiger partial charge on any atom is 0.0351 e. The third-order valence-corrected chi connectivity index (χ3v) is 1.61. The molecule has 0 spiro atoms. The standard InChI is InChI=1S/C7H8.C6H6.2C2H6O.C2H6/c1-7-5-3-2-4-6-7;1-2-4-6-5-3-1;2*1-3-2;1-2/h2-6H,1H3;1-6H;2*1-2H3;1-2H3. The molecule has 0 fully saturated rings. The molecule has 21 heavy (non-hydrogen) atoms. The summed E-state index contributed by atoms with van der Waals surface area (Å²) in [6.45, 7) is 6.08. The number of benzene rings is 2. The van der Waals surface area contributed by atoms with E-state index >= 15 is 0 Å². The van der Waals surface area contributed by atoms with E-state index in [1.54, 1.807) is 28.4 Å². The summed E-state index contributed by atoms with van der Waals surface area (Å²) in [4.78, 5) is 0. The normalized spacial score (nSPS) is 7.19. The second-order valence-corrected chi connectivity index (χ2v) is 3.63. The number of hydrogen-bond donors (Lipinski definition) is 0. The Morgan fingerprint density at radius 3 is 0.857 bits per heavy atom. The lowest BCUT2D eigenvalue weighted by molar-refractivity contribution is 0.277. The molecule has 2 nitrogen and oxygen atoms in total. The van der Waals surface area contributed by atoms with Crippen molar-refractivity contribution in [3.63, 3.8) is 0 Å². The van der Waals surface area contributed by atoms with Crippen LogP contribution in [0.5, 0.6) is 0 Å². The Bertz CT molecular complexity index is 304. The summed E-state index contributed by atoms with van der Waals surface area (Å²) in [6.07, 6.45) is 0. The molecule has 2 aromatic carbocycles. The summed E-state index contributed by atoms with van der Waals surface area (Å²) in [7, 11) is 6.50. The number of rotatable bonds is 0. The van der Waals surface area contributed by atoms with E-state index in [9.17, 15) is 0 Å². The third kappa shape index (κ3) is 32.2. The number of aryl methyl sites for hydroxylation is 1. The third-order valence-electron chi connectivity index (χ3n) is 1.61. The van der Waals surface area contributed by atoms with Gasteiger partial charge >= 0.3 is 0 Å². The van der Waals surface area contributed by atoms with Crippen LogP contribution in [0.2, 0.25) is 0 Å². The highest BCUT2D eigenvalue weighted by molar-refractivity contribution is 5.11. The van der Waals surface area contributed by atoms with Crippen LogP contribution in [-0.4, -0.2) is 28.4 Å². The lowest BCUT2D eigenvalue weighted by Gasteiger charge is -1.82. The highest BCUT2D eigenvalue weighted by atomic mass is 16.5. The fraction of sp³-hybridized carbons (Fsp3) is 0.368. The minimum Gasteiger partial charge on any atom is -0.388 e. The minimum absolute atomic E-state index is 1.32. The Hall–Kier alpha value is -1.64. The average molecular weight is 292 g/mol. The van der Waals surface area contributed by atoms with Crippen LogP contribution in [-0.2, 0) is 9.47 Å². The van der Waals surface area contributed by atoms with Crippen LogP contribution in [0, 0.1) is 6.92 Å². The molecule has 0 bridgehead atoms. The first kappa shape index (κ1) is 24.4. The van der Waals surface area contributed by atoms with Crippen LogP contribution < -0.4 is 0 Å². The molecule has 2 rings (SSSR count). The summed E-state index contributed by atoms with van der Waals surface area (Å²) in [6, 6.07) is 22.3. The van der Waals surface area contributed by atoms with E-state index < -0.39 is 0 Å². The molecule has 2 aromatic rings. The predicted molar refractivity (Wildman–Crippen MR) is 94.8 cm³/mol. The zero-order valence-electron chi connectivity index (χ0n) is 14.7. The maximum atomic E-state index is 4.25. The maximum absolute atomic E-state index is 4.25. The highest BCUT2D eigenvalue weighted by Gasteiger charge is 1.72. The molecule has 0 aliphatic carbocycles. The topological polar surface area (TPSA) is 18.5 Å². The Kier molecular flexibility index (Phi) is 31.2. The molecule has 0 saturated heterocycles. The molecular weight excluding hydrogens is 260 g/mol. The zero-order valence-corrected chi connectivity index (χ0v) is 14.7. The predicted octanol–water partition coefficient (Wildman–Crippen LogP) is 5.23. The van der Waals surface area contributed by atoms with Crippen LogP contribution in [0.1, 0.15) is 19.4 Å². The molecule has 0 aliphatic rings. The Morgan fingerprint density at radius 2 is 0.714 bits per heavy atom. The van der Waals surface area contributed by atoms with E-state index in [1.807, 2.05) is 68.4 Å². The Labute approximate surface area is 131 Å². The van der Waals surface area contributed by atoms with Gasteiger partial charge in [-0.05, 0) is 6.92 Å². The van der Waals surface area contributed by atoms with Gasteiger partial charge in [0.2, 0.25) is 0 Å². The molecule has 120 valence electrons. The van der Waals surface area contributed by atoms with Crippen LogP contribution >= 0.6 is 0 Å². The monoisotopic (exact) mass is 292 g/mol. The summed E-state index contributed by atoms with van der Waals surface area (Å²) >= 11 is 0. The Morgan fingerprint density at radius 1 is 0.524 bits per heavy atom. The van der Waals surface area contributed by atoms with Crippen molar-refractivity contribution in [2.45, 2.75) is 20.8 Å². The van der Waals surface area contributed by atoms with Crippen molar-refractivity contribution >= 4 is 0 Å². The number of ether oxygens (including phenoxy) is 2. The van der Waals surface area contributed by atoms with Gasteiger partial charge in [0, 0.05) is 28.4 Å². The molecule has 0 radical (unpaired) electrons. The summed E-state index contributed by atoms with van der Waals surface area (Å²) in [5, 5.41) is 0. The molecule has 0 saturated carbocycles. The lowest BCUT2D eigenvalue weighted by Crippen LogP contribution is -1.62. The van der Waals surface area contributed by atoms with Gasteiger partial charge in [0.1, 0.15) is 0 Å². The smallest absolute Gasteiger partial charge is 0.0351 e. The van der Waals surface area contributed by atoms with Gasteiger partial charge in [0.15, 0.2) is 0 Å². The second-order valence-electron chi connectivity index (χ2n) is 3.63. The van der Waals surface area contributed by atoms with E-state index in [0.717, 1.165) is 0 Å². The van der Waals surface area contributed by atoms with Crippen molar-refractivity contribution < 1.29 is 9.47 Å². The molecule has 0 heterocycles. The van der Waals surface area contributed by atoms with Crippen molar-refractivity contribution in [2.24, 2.45) is 0 Å². The van der Waals surface area contributed by atoms with Crippen molar-refractivity contribution in [3.05, 3.63) is 72.3 Å². The van der Waals surface area contributed by atoms with Gasteiger partial charge in [0.05, 0.1) is 0 Å². The fourth-order valence-corrected chi connectivity index (χ4v) is 0.919. The van der Waals surface area contributed by atoms with Crippen molar-refractivity contribution in [1.29, 1.82) is 0 Å². The molecule has 0 amide bonds. The van der Waals surface area contributed by atoms with Gasteiger partial charge in [-0.1, -0.05) is 86.1 Å². The van der Waals surface area contributed by atoms with E-state index in [1.165, 1.54) is 5.56 Å². The molecule has 0 N–H and O–H groups in total. The molecule has 0 aliphatic heterocycles. The first-order valence-corrected chi connectivity index (χ1v) is 7.04. The summed E-state index contributed by atoms with van der Waals surface area (Å²) < 4.78 is 8.50. The van der Waals surface area contributed by atoms with Gasteiger partial charge in [-0.2, -0.15) is 0 Å². The van der Waals surface area contributed by atoms with Gasteiger partial charge in [-0.25, -0.2) is 0 Å². The van der Waals surface area contributed by atoms with E-state index in [2.05, 4.69) is 28.5 Å². The van der Waals surface area contributed by atoms with E-state index in [-0.39, 0.29) is 0 Å². The quantitative estimate of drug-likeness (QED) is 0.661.